The van der Waals surface area contributed by atoms with E-state index in [1.165, 1.54) is 42.6 Å². The lowest BCUT2D eigenvalue weighted by atomic mass is 10.1. The number of piperazine rings is 1. The number of sulfone groups is 1. The van der Waals surface area contributed by atoms with Crippen LogP contribution in [0.4, 0.5) is 10.2 Å². The van der Waals surface area contributed by atoms with E-state index >= 15 is 4.39 Å². The second-order valence-electron chi connectivity index (χ2n) is 9.89. The van der Waals surface area contributed by atoms with Crippen molar-refractivity contribution in [2.24, 2.45) is 0 Å². The van der Waals surface area contributed by atoms with Crippen molar-refractivity contribution in [1.29, 1.82) is 0 Å². The second kappa shape index (κ2) is 11.1. The maximum Gasteiger partial charge on any atom is 0.355 e. The van der Waals surface area contributed by atoms with Crippen molar-refractivity contribution in [2.75, 3.05) is 30.8 Å². The molecule has 0 N–H and O–H groups in total. The Morgan fingerprint density at radius 3 is 2.55 bits per heavy atom. The minimum atomic E-state index is -3.85. The summed E-state index contributed by atoms with van der Waals surface area (Å²) in [5, 5.41) is 0.369. The first-order chi connectivity index (χ1) is 19.8. The van der Waals surface area contributed by atoms with E-state index in [-0.39, 0.29) is 61.0 Å². The zero-order valence-electron chi connectivity index (χ0n) is 22.8. The van der Waals surface area contributed by atoms with Gasteiger partial charge in [-0.3, -0.25) is 9.78 Å². The molecule has 1 saturated heterocycles. The number of carbonyl (C=O) groups excluding carboxylic acids is 1. The number of nitrogens with zero attached hydrogens (tertiary/aromatic N) is 6. The molecule has 5 rings (SSSR count). The minimum absolute atomic E-state index is 0.0264. The van der Waals surface area contributed by atoms with Gasteiger partial charge in [-0.2, -0.15) is 4.98 Å². The zero-order chi connectivity index (χ0) is 30.5. The Morgan fingerprint density at radius 1 is 1.17 bits per heavy atom. The number of rotatable bonds is 5. The normalized spacial score (nSPS) is 15.7. The molecule has 3 aromatic heterocycles. The molecule has 10 nitrogen and oxygen atoms in total. The maximum atomic E-state index is 15.1. The molecule has 0 radical (unpaired) electrons. The third-order valence-corrected chi connectivity index (χ3v) is 8.81. The SMILES string of the molecule is C=CC(=O)N1CCN(c2nc(=O)n(-c3c(S(C)(=O)=O)ccnc3C)c3nc(-c4c(F)cccc4Cl)c(Cl)cc23)[C@@H](C)C1. The van der Waals surface area contributed by atoms with Gasteiger partial charge in [0.15, 0.2) is 15.5 Å². The number of anilines is 1. The van der Waals surface area contributed by atoms with Crippen molar-refractivity contribution in [3.8, 4) is 16.9 Å². The smallest absolute Gasteiger partial charge is 0.350 e. The molecular weight excluding hydrogens is 606 g/mol. The molecule has 14 heteroatoms. The van der Waals surface area contributed by atoms with E-state index in [2.05, 4.69) is 21.5 Å². The number of hydrogen-bond donors (Lipinski definition) is 0. The van der Waals surface area contributed by atoms with Crippen molar-refractivity contribution in [3.63, 3.8) is 0 Å². The summed E-state index contributed by atoms with van der Waals surface area (Å²) in [6.07, 6.45) is 3.58. The second-order valence-corrected chi connectivity index (χ2v) is 12.7. The first-order valence-corrected chi connectivity index (χ1v) is 15.4. The Hall–Kier alpha value is -3.87. The fourth-order valence-corrected chi connectivity index (χ4v) is 6.53. The number of hydrogen-bond acceptors (Lipinski definition) is 8. The van der Waals surface area contributed by atoms with E-state index < -0.39 is 21.3 Å². The summed E-state index contributed by atoms with van der Waals surface area (Å²) in [6, 6.07) is 6.62. The molecule has 218 valence electrons. The molecule has 1 aromatic carbocycles. The van der Waals surface area contributed by atoms with Gasteiger partial charge in [0.2, 0.25) is 5.91 Å². The monoisotopic (exact) mass is 630 g/mol. The summed E-state index contributed by atoms with van der Waals surface area (Å²) in [7, 11) is -3.85. The lowest BCUT2D eigenvalue weighted by Crippen LogP contribution is -2.54. The number of aryl methyl sites for hydroxylation is 1. The molecule has 0 unspecified atom stereocenters. The van der Waals surface area contributed by atoms with Gasteiger partial charge >= 0.3 is 5.69 Å². The summed E-state index contributed by atoms with van der Waals surface area (Å²) >= 11 is 13.0. The fraction of sp³-hybridized carbons (Fsp3) is 0.250. The number of halogens is 3. The Bertz CT molecular complexity index is 1930. The van der Waals surface area contributed by atoms with E-state index in [1.54, 1.807) is 11.8 Å². The third kappa shape index (κ3) is 5.14. The van der Waals surface area contributed by atoms with Crippen molar-refractivity contribution in [1.82, 2.24) is 24.4 Å². The first-order valence-electron chi connectivity index (χ1n) is 12.7. The molecule has 0 bridgehead atoms. The Balaban J connectivity index is 1.86. The van der Waals surface area contributed by atoms with Crippen LogP contribution in [0.5, 0.6) is 0 Å². The quantitative estimate of drug-likeness (QED) is 0.301. The standard InChI is InChI=1S/C28H25Cl2FN6O4S/c1-5-22(38)35-11-12-36(15(2)14-35)26-17-13-19(30)24(23-18(29)7-6-8-20(23)31)33-27(17)37(28(39)34-26)25-16(3)32-10-9-21(25)42(4,40)41/h5-10,13,15H,1,11-12,14H2,2-4H3/t15-/m0/s1. The summed E-state index contributed by atoms with van der Waals surface area (Å²) in [6.45, 7) is 7.97. The number of pyridine rings is 2. The molecule has 4 heterocycles. The van der Waals surface area contributed by atoms with Crippen LogP contribution in [0.15, 0.2) is 58.9 Å². The van der Waals surface area contributed by atoms with Crippen LogP contribution in [0.1, 0.15) is 12.6 Å². The summed E-state index contributed by atoms with van der Waals surface area (Å²) in [5.74, 6) is -0.677. The van der Waals surface area contributed by atoms with Gasteiger partial charge in [-0.15, -0.1) is 0 Å². The van der Waals surface area contributed by atoms with Crippen LogP contribution in [-0.4, -0.2) is 70.7 Å². The fourth-order valence-electron chi connectivity index (χ4n) is 5.13. The van der Waals surface area contributed by atoms with Crippen molar-refractivity contribution in [2.45, 2.75) is 24.8 Å². The zero-order valence-corrected chi connectivity index (χ0v) is 25.1. The van der Waals surface area contributed by atoms with Crippen LogP contribution < -0.4 is 10.6 Å². The molecule has 1 fully saturated rings. The van der Waals surface area contributed by atoms with Crippen LogP contribution in [-0.2, 0) is 14.6 Å². The minimum Gasteiger partial charge on any atom is -0.350 e. The number of benzene rings is 1. The van der Waals surface area contributed by atoms with Crippen LogP contribution >= 0.6 is 23.2 Å². The number of amides is 1. The number of fused-ring (bicyclic) bond motifs is 1. The van der Waals surface area contributed by atoms with Crippen molar-refractivity contribution >= 4 is 55.8 Å². The Kier molecular flexibility index (Phi) is 7.82. The van der Waals surface area contributed by atoms with Gasteiger partial charge in [0.05, 0.1) is 43.0 Å². The molecular formula is C28H25Cl2FN6O4S. The van der Waals surface area contributed by atoms with Crippen molar-refractivity contribution < 1.29 is 17.6 Å². The Labute approximate surface area is 251 Å². The highest BCUT2D eigenvalue weighted by Gasteiger charge is 2.31. The van der Waals surface area contributed by atoms with Gasteiger partial charge in [0.1, 0.15) is 11.6 Å². The molecule has 1 aliphatic rings. The third-order valence-electron chi connectivity index (χ3n) is 7.08. The predicted octanol–water partition coefficient (Wildman–Crippen LogP) is 4.22. The lowest BCUT2D eigenvalue weighted by Gasteiger charge is -2.40. The topological polar surface area (TPSA) is 118 Å². The summed E-state index contributed by atoms with van der Waals surface area (Å²) in [4.78, 5) is 42.7. The first kappa shape index (κ1) is 29.6. The molecule has 0 saturated carbocycles. The van der Waals surface area contributed by atoms with Gasteiger partial charge in [0, 0.05) is 38.1 Å². The average Bonchev–Trinajstić information content (AvgIpc) is 2.92. The van der Waals surface area contributed by atoms with Gasteiger partial charge in [-0.1, -0.05) is 35.8 Å². The molecule has 42 heavy (non-hydrogen) atoms. The van der Waals surface area contributed by atoms with Crippen LogP contribution in [0.3, 0.4) is 0 Å². The highest BCUT2D eigenvalue weighted by molar-refractivity contribution is 7.90. The summed E-state index contributed by atoms with van der Waals surface area (Å²) in [5.41, 5.74) is -0.807. The van der Waals surface area contributed by atoms with E-state index in [4.69, 9.17) is 23.2 Å². The van der Waals surface area contributed by atoms with Gasteiger partial charge in [0.25, 0.3) is 0 Å². The van der Waals surface area contributed by atoms with E-state index in [1.807, 2.05) is 11.8 Å². The molecule has 1 aliphatic heterocycles. The lowest BCUT2D eigenvalue weighted by molar-refractivity contribution is -0.126. The molecule has 0 spiro atoms. The highest BCUT2D eigenvalue weighted by atomic mass is 35.5. The van der Waals surface area contributed by atoms with Crippen LogP contribution in [0, 0.1) is 12.7 Å². The average molecular weight is 632 g/mol. The molecule has 0 aliphatic carbocycles. The van der Waals surface area contributed by atoms with E-state index in [0.29, 0.717) is 25.0 Å². The maximum absolute atomic E-state index is 15.1. The van der Waals surface area contributed by atoms with E-state index in [0.717, 1.165) is 10.8 Å². The number of carbonyl (C=O) groups is 1. The van der Waals surface area contributed by atoms with Crippen molar-refractivity contribution in [3.05, 3.63) is 81.2 Å². The molecule has 1 atom stereocenters. The predicted molar refractivity (Wildman–Crippen MR) is 160 cm³/mol. The Morgan fingerprint density at radius 2 is 1.90 bits per heavy atom. The molecule has 1 amide bonds. The van der Waals surface area contributed by atoms with Crippen LogP contribution in [0.25, 0.3) is 28.0 Å². The van der Waals surface area contributed by atoms with Gasteiger partial charge in [-0.05, 0) is 44.2 Å². The van der Waals surface area contributed by atoms with E-state index in [9.17, 15) is 18.0 Å². The number of aromatic nitrogens is 4. The summed E-state index contributed by atoms with van der Waals surface area (Å²) < 4.78 is 41.7. The van der Waals surface area contributed by atoms with Gasteiger partial charge in [-0.25, -0.2) is 27.2 Å². The van der Waals surface area contributed by atoms with Crippen LogP contribution in [0.2, 0.25) is 10.0 Å². The largest absolute Gasteiger partial charge is 0.355 e. The molecule has 4 aromatic rings. The van der Waals surface area contributed by atoms with Gasteiger partial charge < -0.3 is 9.80 Å². The highest BCUT2D eigenvalue weighted by Crippen LogP contribution is 2.38.